The van der Waals surface area contributed by atoms with Crippen molar-refractivity contribution in [3.63, 3.8) is 0 Å². The van der Waals surface area contributed by atoms with Crippen molar-refractivity contribution < 1.29 is 23.4 Å². The van der Waals surface area contributed by atoms with Crippen LogP contribution in [0.1, 0.15) is 16.1 Å². The summed E-state index contributed by atoms with van der Waals surface area (Å²) in [6.07, 6.45) is 0. The molecule has 0 aliphatic carbocycles. The molecule has 3 rings (SSSR count). The highest BCUT2D eigenvalue weighted by Gasteiger charge is 2.20. The highest BCUT2D eigenvalue weighted by atomic mass is 35.5. The second kappa shape index (κ2) is 8.37. The first-order chi connectivity index (χ1) is 13.0. The minimum absolute atomic E-state index is 0.0573. The molecule has 0 amide bonds. The molecule has 0 spiro atoms. The molecular formula is C20H16Cl2O5. The molecule has 1 heterocycles. The molecule has 0 atom stereocenters. The number of methoxy groups -OCH3 is 2. The van der Waals surface area contributed by atoms with E-state index < -0.39 is 5.97 Å². The van der Waals surface area contributed by atoms with Gasteiger partial charge in [-0.05, 0) is 36.4 Å². The topological polar surface area (TPSA) is 57.9 Å². The van der Waals surface area contributed by atoms with Gasteiger partial charge in [0.05, 0.1) is 24.3 Å². The Labute approximate surface area is 166 Å². The van der Waals surface area contributed by atoms with Crippen molar-refractivity contribution >= 4 is 29.2 Å². The Hall–Kier alpha value is -2.63. The quantitative estimate of drug-likeness (QED) is 0.496. The van der Waals surface area contributed by atoms with Crippen molar-refractivity contribution in [3.05, 3.63) is 69.9 Å². The first kappa shape index (κ1) is 19.1. The van der Waals surface area contributed by atoms with Crippen molar-refractivity contribution in [1.29, 1.82) is 0 Å². The van der Waals surface area contributed by atoms with Gasteiger partial charge in [0.15, 0.2) is 0 Å². The SMILES string of the molecule is COc1cccc(OC)c1C(=O)OCc1ccc(-c2cccc(Cl)c2Cl)o1. The fraction of sp³-hybridized carbons (Fsp3) is 0.150. The number of carbonyl (C=O) groups is 1. The maximum Gasteiger partial charge on any atom is 0.346 e. The lowest BCUT2D eigenvalue weighted by atomic mass is 10.2. The van der Waals surface area contributed by atoms with E-state index in [0.717, 1.165) is 0 Å². The summed E-state index contributed by atoms with van der Waals surface area (Å²) in [4.78, 5) is 12.5. The van der Waals surface area contributed by atoms with E-state index in [4.69, 9.17) is 41.8 Å². The number of furan rings is 1. The van der Waals surface area contributed by atoms with Gasteiger partial charge in [0.25, 0.3) is 0 Å². The average Bonchev–Trinajstić information content (AvgIpc) is 3.16. The van der Waals surface area contributed by atoms with Gasteiger partial charge in [-0.15, -0.1) is 0 Å². The summed E-state index contributed by atoms with van der Waals surface area (Å²) in [7, 11) is 2.94. The predicted octanol–water partition coefficient (Wildman–Crippen LogP) is 5.63. The molecule has 0 radical (unpaired) electrons. The number of esters is 1. The van der Waals surface area contributed by atoms with Gasteiger partial charge in [-0.2, -0.15) is 0 Å². The fourth-order valence-electron chi connectivity index (χ4n) is 2.56. The maximum absolute atomic E-state index is 12.5. The average molecular weight is 407 g/mol. The van der Waals surface area contributed by atoms with Crippen LogP contribution in [0.25, 0.3) is 11.3 Å². The molecule has 3 aromatic rings. The van der Waals surface area contributed by atoms with Crippen LogP contribution in [0.5, 0.6) is 11.5 Å². The molecule has 7 heteroatoms. The monoisotopic (exact) mass is 406 g/mol. The largest absolute Gasteiger partial charge is 0.496 e. The summed E-state index contributed by atoms with van der Waals surface area (Å²) < 4.78 is 21.5. The molecule has 0 aliphatic heterocycles. The second-order valence-electron chi connectivity index (χ2n) is 5.48. The minimum atomic E-state index is -0.581. The number of halogens is 2. The molecule has 2 aromatic carbocycles. The van der Waals surface area contributed by atoms with Gasteiger partial charge in [-0.25, -0.2) is 4.79 Å². The van der Waals surface area contributed by atoms with Crippen molar-refractivity contribution in [3.8, 4) is 22.8 Å². The number of carbonyl (C=O) groups excluding carboxylic acids is 1. The van der Waals surface area contributed by atoms with Gasteiger partial charge in [0.2, 0.25) is 0 Å². The zero-order valence-corrected chi connectivity index (χ0v) is 16.1. The number of hydrogen-bond donors (Lipinski definition) is 0. The molecule has 0 bridgehead atoms. The van der Waals surface area contributed by atoms with Gasteiger partial charge in [-0.3, -0.25) is 0 Å². The summed E-state index contributed by atoms with van der Waals surface area (Å²) in [6, 6.07) is 13.8. The summed E-state index contributed by atoms with van der Waals surface area (Å²) in [6.45, 7) is -0.0573. The minimum Gasteiger partial charge on any atom is -0.496 e. The van der Waals surface area contributed by atoms with Crippen LogP contribution in [0.15, 0.2) is 52.9 Å². The Morgan fingerprint density at radius 3 is 2.30 bits per heavy atom. The Morgan fingerprint density at radius 1 is 0.963 bits per heavy atom. The highest BCUT2D eigenvalue weighted by Crippen LogP contribution is 2.34. The lowest BCUT2D eigenvalue weighted by molar-refractivity contribution is 0.0439. The van der Waals surface area contributed by atoms with Crippen molar-refractivity contribution in [2.75, 3.05) is 14.2 Å². The summed E-state index contributed by atoms with van der Waals surface area (Å²) >= 11 is 12.2. The first-order valence-corrected chi connectivity index (χ1v) is 8.72. The van der Waals surface area contributed by atoms with E-state index in [2.05, 4.69) is 0 Å². The molecule has 0 saturated heterocycles. The normalized spacial score (nSPS) is 10.5. The zero-order chi connectivity index (χ0) is 19.4. The Balaban J connectivity index is 1.76. The van der Waals surface area contributed by atoms with E-state index in [1.807, 2.05) is 0 Å². The van der Waals surface area contributed by atoms with Crippen LogP contribution in [-0.4, -0.2) is 20.2 Å². The molecule has 0 unspecified atom stereocenters. The zero-order valence-electron chi connectivity index (χ0n) is 14.6. The van der Waals surface area contributed by atoms with Crippen molar-refractivity contribution in [2.24, 2.45) is 0 Å². The van der Waals surface area contributed by atoms with Crippen LogP contribution in [0, 0.1) is 0 Å². The number of rotatable bonds is 6. The molecule has 1 aromatic heterocycles. The summed E-state index contributed by atoms with van der Waals surface area (Å²) in [5, 5.41) is 0.831. The molecule has 27 heavy (non-hydrogen) atoms. The Morgan fingerprint density at radius 2 is 1.63 bits per heavy atom. The third-order valence-electron chi connectivity index (χ3n) is 3.86. The molecule has 0 fully saturated rings. The predicted molar refractivity (Wildman–Crippen MR) is 103 cm³/mol. The lowest BCUT2D eigenvalue weighted by Crippen LogP contribution is -2.09. The van der Waals surface area contributed by atoms with Crippen LogP contribution >= 0.6 is 23.2 Å². The number of hydrogen-bond acceptors (Lipinski definition) is 5. The van der Waals surface area contributed by atoms with Gasteiger partial charge in [0, 0.05) is 5.56 Å². The molecule has 5 nitrogen and oxygen atoms in total. The molecular weight excluding hydrogens is 391 g/mol. The van der Waals surface area contributed by atoms with Gasteiger partial charge in [-0.1, -0.05) is 35.3 Å². The Bertz CT molecular complexity index is 943. The van der Waals surface area contributed by atoms with Crippen molar-refractivity contribution in [1.82, 2.24) is 0 Å². The van der Waals surface area contributed by atoms with E-state index in [-0.39, 0.29) is 12.2 Å². The number of benzene rings is 2. The standard InChI is InChI=1S/C20H16Cl2O5/c1-24-16-7-4-8-17(25-2)18(16)20(23)26-11-12-9-10-15(27-12)13-5-3-6-14(21)19(13)22/h3-10H,11H2,1-2H3. The smallest absolute Gasteiger partial charge is 0.346 e. The third-order valence-corrected chi connectivity index (χ3v) is 4.68. The molecule has 140 valence electrons. The van der Waals surface area contributed by atoms with E-state index in [1.54, 1.807) is 48.5 Å². The van der Waals surface area contributed by atoms with E-state index in [1.165, 1.54) is 14.2 Å². The fourth-order valence-corrected chi connectivity index (χ4v) is 2.95. The molecule has 0 aliphatic rings. The summed E-state index contributed by atoms with van der Waals surface area (Å²) in [5.41, 5.74) is 0.875. The Kier molecular flexibility index (Phi) is 5.94. The second-order valence-corrected chi connectivity index (χ2v) is 6.27. The summed E-state index contributed by atoms with van der Waals surface area (Å²) in [5.74, 6) is 1.14. The van der Waals surface area contributed by atoms with Crippen LogP contribution in [0.3, 0.4) is 0 Å². The van der Waals surface area contributed by atoms with Crippen LogP contribution in [-0.2, 0) is 11.3 Å². The number of ether oxygens (including phenoxy) is 3. The van der Waals surface area contributed by atoms with Crippen LogP contribution in [0.4, 0.5) is 0 Å². The highest BCUT2D eigenvalue weighted by molar-refractivity contribution is 6.43. The van der Waals surface area contributed by atoms with Crippen LogP contribution in [0.2, 0.25) is 10.0 Å². The molecule has 0 N–H and O–H groups in total. The van der Waals surface area contributed by atoms with E-state index in [9.17, 15) is 4.79 Å². The van der Waals surface area contributed by atoms with Gasteiger partial charge >= 0.3 is 5.97 Å². The maximum atomic E-state index is 12.5. The van der Waals surface area contributed by atoms with Gasteiger partial charge in [0.1, 0.15) is 35.2 Å². The van der Waals surface area contributed by atoms with E-state index in [0.29, 0.717) is 38.6 Å². The van der Waals surface area contributed by atoms with Gasteiger partial charge < -0.3 is 18.6 Å². The first-order valence-electron chi connectivity index (χ1n) is 7.96. The molecule has 0 saturated carbocycles. The lowest BCUT2D eigenvalue weighted by Gasteiger charge is -2.11. The van der Waals surface area contributed by atoms with E-state index >= 15 is 0 Å². The third kappa shape index (κ3) is 4.04. The van der Waals surface area contributed by atoms with Crippen molar-refractivity contribution in [2.45, 2.75) is 6.61 Å². The van der Waals surface area contributed by atoms with Crippen LogP contribution < -0.4 is 9.47 Å².